The summed E-state index contributed by atoms with van der Waals surface area (Å²) < 4.78 is 4.93. The molecule has 0 saturated heterocycles. The lowest BCUT2D eigenvalue weighted by molar-refractivity contribution is 0.596. The van der Waals surface area contributed by atoms with Crippen LogP contribution in [0.1, 0.15) is 26.3 Å². The van der Waals surface area contributed by atoms with E-state index in [1.807, 2.05) is 0 Å². The van der Waals surface area contributed by atoms with Crippen LogP contribution < -0.4 is 4.90 Å². The molecular formula is C56H41N3. The Labute approximate surface area is 342 Å². The average Bonchev–Trinajstić information content (AvgIpc) is 3.80. The lowest BCUT2D eigenvalue weighted by atomic mass is 9.81. The van der Waals surface area contributed by atoms with Gasteiger partial charge in [-0.15, -0.1) is 0 Å². The van der Waals surface area contributed by atoms with E-state index in [1.54, 1.807) is 0 Å². The van der Waals surface area contributed by atoms with Crippen molar-refractivity contribution < 1.29 is 0 Å². The summed E-state index contributed by atoms with van der Waals surface area (Å²) >= 11 is 0. The molecule has 2 heterocycles. The lowest BCUT2D eigenvalue weighted by Gasteiger charge is -2.30. The van der Waals surface area contributed by atoms with Gasteiger partial charge in [-0.1, -0.05) is 160 Å². The topological polar surface area (TPSA) is 13.1 Å². The van der Waals surface area contributed by atoms with Crippen molar-refractivity contribution in [3.05, 3.63) is 200 Å². The SMILES string of the molecule is CC(C)(C)c1ccc2ccc3c(N(c4cccc5c6ccccc6n(-c6ccccc6)c45)c4cccc5c6ccccc6n(-c6ccccc6)c45)ccc4ccc1c2c43. The van der Waals surface area contributed by atoms with Crippen LogP contribution in [0, 0.1) is 0 Å². The molecule has 0 atom stereocenters. The quantitative estimate of drug-likeness (QED) is 0.159. The van der Waals surface area contributed by atoms with Crippen molar-refractivity contribution in [3.8, 4) is 11.4 Å². The van der Waals surface area contributed by atoms with Crippen molar-refractivity contribution in [2.75, 3.05) is 4.90 Å². The number of benzene rings is 10. The van der Waals surface area contributed by atoms with Crippen molar-refractivity contribution in [1.29, 1.82) is 0 Å². The van der Waals surface area contributed by atoms with Crippen LogP contribution in [0.15, 0.2) is 194 Å². The molecule has 0 saturated carbocycles. The first-order valence-electron chi connectivity index (χ1n) is 20.6. The third-order valence-electron chi connectivity index (χ3n) is 12.5. The van der Waals surface area contributed by atoms with Gasteiger partial charge in [-0.05, 0) is 92.5 Å². The fourth-order valence-electron chi connectivity index (χ4n) is 10.1. The van der Waals surface area contributed by atoms with Crippen molar-refractivity contribution in [3.63, 3.8) is 0 Å². The predicted molar refractivity (Wildman–Crippen MR) is 252 cm³/mol. The molecule has 12 aromatic rings. The van der Waals surface area contributed by atoms with Gasteiger partial charge < -0.3 is 14.0 Å². The molecule has 12 rings (SSSR count). The highest BCUT2D eigenvalue weighted by molar-refractivity contribution is 6.27. The molecule has 0 spiro atoms. The fourth-order valence-corrected chi connectivity index (χ4v) is 10.1. The van der Waals surface area contributed by atoms with E-state index in [4.69, 9.17) is 0 Å². The minimum absolute atomic E-state index is 0.00182. The molecule has 0 fully saturated rings. The maximum absolute atomic E-state index is 2.57. The molecule has 0 bridgehead atoms. The lowest BCUT2D eigenvalue weighted by Crippen LogP contribution is -2.14. The van der Waals surface area contributed by atoms with Gasteiger partial charge in [0.2, 0.25) is 0 Å². The third kappa shape index (κ3) is 4.88. The molecule has 59 heavy (non-hydrogen) atoms. The molecule has 3 heteroatoms. The van der Waals surface area contributed by atoms with E-state index in [1.165, 1.54) is 81.5 Å². The van der Waals surface area contributed by atoms with Crippen LogP contribution in [0.2, 0.25) is 0 Å². The summed E-state index contributed by atoms with van der Waals surface area (Å²) in [4.78, 5) is 2.57. The Balaban J connectivity index is 1.28. The Morgan fingerprint density at radius 3 is 1.32 bits per heavy atom. The molecule has 0 aliphatic rings. The monoisotopic (exact) mass is 755 g/mol. The molecule has 0 aliphatic carbocycles. The molecule has 10 aromatic carbocycles. The Morgan fingerprint density at radius 2 is 0.780 bits per heavy atom. The van der Waals surface area contributed by atoms with E-state index >= 15 is 0 Å². The number of hydrogen-bond acceptors (Lipinski definition) is 1. The van der Waals surface area contributed by atoms with Gasteiger partial charge in [0, 0.05) is 38.3 Å². The summed E-state index contributed by atoms with van der Waals surface area (Å²) in [7, 11) is 0. The summed E-state index contributed by atoms with van der Waals surface area (Å²) in [5, 5.41) is 12.6. The number of fused-ring (bicyclic) bond motifs is 6. The summed E-state index contributed by atoms with van der Waals surface area (Å²) in [5.41, 5.74) is 11.7. The third-order valence-corrected chi connectivity index (χ3v) is 12.5. The second-order valence-electron chi connectivity index (χ2n) is 16.9. The highest BCUT2D eigenvalue weighted by Crippen LogP contribution is 2.50. The zero-order valence-electron chi connectivity index (χ0n) is 33.3. The van der Waals surface area contributed by atoms with Crippen LogP contribution in [-0.2, 0) is 5.41 Å². The Kier molecular flexibility index (Phi) is 7.19. The predicted octanol–water partition coefficient (Wildman–Crippen LogP) is 15.5. The molecule has 0 unspecified atom stereocenters. The Bertz CT molecular complexity index is 3430. The van der Waals surface area contributed by atoms with E-state index < -0.39 is 0 Å². The molecule has 280 valence electrons. The van der Waals surface area contributed by atoms with Gasteiger partial charge in [0.05, 0.1) is 39.1 Å². The first kappa shape index (κ1) is 33.7. The normalized spacial score (nSPS) is 12.3. The molecule has 2 aromatic heterocycles. The second kappa shape index (κ2) is 12.6. The first-order valence-corrected chi connectivity index (χ1v) is 20.6. The van der Waals surface area contributed by atoms with E-state index in [9.17, 15) is 0 Å². The number of hydrogen-bond donors (Lipinski definition) is 0. The van der Waals surface area contributed by atoms with E-state index in [2.05, 4.69) is 229 Å². The van der Waals surface area contributed by atoms with Gasteiger partial charge in [0.1, 0.15) is 0 Å². The Hall–Kier alpha value is -7.36. The molecule has 0 aliphatic heterocycles. The van der Waals surface area contributed by atoms with Crippen LogP contribution in [-0.4, -0.2) is 9.13 Å². The number of anilines is 3. The zero-order chi connectivity index (χ0) is 39.4. The van der Waals surface area contributed by atoms with Crippen molar-refractivity contribution in [1.82, 2.24) is 9.13 Å². The zero-order valence-corrected chi connectivity index (χ0v) is 33.3. The average molecular weight is 756 g/mol. The van der Waals surface area contributed by atoms with Crippen LogP contribution >= 0.6 is 0 Å². The maximum atomic E-state index is 2.57. The van der Waals surface area contributed by atoms with E-state index in [0.717, 1.165) is 28.4 Å². The summed E-state index contributed by atoms with van der Waals surface area (Å²) in [6.07, 6.45) is 0. The van der Waals surface area contributed by atoms with Crippen LogP contribution in [0.5, 0.6) is 0 Å². The standard InChI is InChI=1S/C56H41N3/c1-56(2,3)46-34-30-36-29-33-45-49(35-31-37-28-32-44(46)52(36)53(37)45)59(50-26-14-22-42-40-20-10-12-24-47(40)57(54(42)50)38-16-6-4-7-17-38)51-27-15-23-43-41-21-11-13-25-48(41)58(55(43)51)39-18-8-5-9-19-39/h4-35H,1-3H3. The molecule has 3 nitrogen and oxygen atoms in total. The number of aromatic nitrogens is 2. The van der Waals surface area contributed by atoms with Gasteiger partial charge in [0.25, 0.3) is 0 Å². The highest BCUT2D eigenvalue weighted by Gasteiger charge is 2.28. The summed E-state index contributed by atoms with van der Waals surface area (Å²) in [5.74, 6) is 0. The van der Waals surface area contributed by atoms with Gasteiger partial charge >= 0.3 is 0 Å². The summed E-state index contributed by atoms with van der Waals surface area (Å²) in [6.45, 7) is 6.97. The van der Waals surface area contributed by atoms with E-state index in [-0.39, 0.29) is 5.41 Å². The highest BCUT2D eigenvalue weighted by atomic mass is 15.2. The number of para-hydroxylation sites is 6. The number of rotatable bonds is 5. The fraction of sp³-hybridized carbons (Fsp3) is 0.0714. The smallest absolute Gasteiger partial charge is 0.0782 e. The van der Waals surface area contributed by atoms with Gasteiger partial charge in [-0.25, -0.2) is 0 Å². The van der Waals surface area contributed by atoms with Crippen molar-refractivity contribution in [2.45, 2.75) is 26.2 Å². The van der Waals surface area contributed by atoms with Gasteiger partial charge in [0.15, 0.2) is 0 Å². The molecular weight excluding hydrogens is 715 g/mol. The van der Waals surface area contributed by atoms with Gasteiger partial charge in [-0.3, -0.25) is 0 Å². The minimum atomic E-state index is -0.00182. The first-order chi connectivity index (χ1) is 29.0. The van der Waals surface area contributed by atoms with E-state index in [0.29, 0.717) is 0 Å². The van der Waals surface area contributed by atoms with Crippen LogP contribution in [0.3, 0.4) is 0 Å². The second-order valence-corrected chi connectivity index (χ2v) is 16.9. The minimum Gasteiger partial charge on any atom is -0.307 e. The maximum Gasteiger partial charge on any atom is 0.0782 e. The Morgan fingerprint density at radius 1 is 0.339 bits per heavy atom. The molecule has 0 N–H and O–H groups in total. The molecule has 0 radical (unpaired) electrons. The van der Waals surface area contributed by atoms with Crippen LogP contribution in [0.25, 0.3) is 87.3 Å². The number of nitrogens with zero attached hydrogens (tertiary/aromatic N) is 3. The van der Waals surface area contributed by atoms with Gasteiger partial charge in [-0.2, -0.15) is 0 Å². The van der Waals surface area contributed by atoms with Crippen LogP contribution in [0.4, 0.5) is 17.1 Å². The van der Waals surface area contributed by atoms with Crippen molar-refractivity contribution in [2.24, 2.45) is 0 Å². The summed E-state index contributed by atoms with van der Waals surface area (Å²) in [6, 6.07) is 71.8. The molecule has 0 amide bonds. The largest absolute Gasteiger partial charge is 0.307 e. The van der Waals surface area contributed by atoms with Crippen molar-refractivity contribution >= 4 is 93.0 Å².